The lowest BCUT2D eigenvalue weighted by Gasteiger charge is -2.12. The maximum Gasteiger partial charge on any atom is 0.249 e. The number of nitrogens with one attached hydrogen (secondary N) is 1. The van der Waals surface area contributed by atoms with Gasteiger partial charge in [-0.3, -0.25) is 4.79 Å². The van der Waals surface area contributed by atoms with Crippen molar-refractivity contribution in [3.05, 3.63) is 59.4 Å². The molecule has 0 bridgehead atoms. The van der Waals surface area contributed by atoms with Crippen LogP contribution in [0.15, 0.2) is 48.5 Å². The highest BCUT2D eigenvalue weighted by molar-refractivity contribution is 6.30. The molecule has 1 aliphatic rings. The zero-order valence-electron chi connectivity index (χ0n) is 16.9. The van der Waals surface area contributed by atoms with Gasteiger partial charge in [-0.2, -0.15) is 0 Å². The summed E-state index contributed by atoms with van der Waals surface area (Å²) in [6.45, 7) is 2.52. The predicted octanol–water partition coefficient (Wildman–Crippen LogP) is 4.00. The predicted molar refractivity (Wildman–Crippen MR) is 117 cm³/mol. The van der Waals surface area contributed by atoms with Gasteiger partial charge in [0.05, 0.1) is 17.6 Å². The molecule has 30 heavy (non-hydrogen) atoms. The second-order valence-electron chi connectivity index (χ2n) is 7.37. The van der Waals surface area contributed by atoms with Crippen LogP contribution in [0.1, 0.15) is 25.1 Å². The van der Waals surface area contributed by atoms with Crippen molar-refractivity contribution in [1.82, 2.24) is 14.9 Å². The van der Waals surface area contributed by atoms with E-state index in [1.807, 2.05) is 42.5 Å². The van der Waals surface area contributed by atoms with E-state index in [1.165, 1.54) is 0 Å². The molecular formula is C23H26ClN3O3. The Morgan fingerprint density at radius 3 is 2.87 bits per heavy atom. The van der Waals surface area contributed by atoms with Crippen LogP contribution >= 0.6 is 11.6 Å². The van der Waals surface area contributed by atoms with E-state index in [4.69, 9.17) is 26.1 Å². The van der Waals surface area contributed by atoms with Crippen molar-refractivity contribution >= 4 is 28.5 Å². The minimum atomic E-state index is -0.278. The summed E-state index contributed by atoms with van der Waals surface area (Å²) >= 11 is 5.93. The first-order valence-electron chi connectivity index (χ1n) is 10.4. The number of fused-ring (bicyclic) bond motifs is 1. The molecule has 1 saturated heterocycles. The van der Waals surface area contributed by atoms with Gasteiger partial charge in [0.15, 0.2) is 0 Å². The third-order valence-electron chi connectivity index (χ3n) is 5.23. The number of imidazole rings is 1. The summed E-state index contributed by atoms with van der Waals surface area (Å²) in [5.41, 5.74) is 2.07. The molecule has 1 unspecified atom stereocenters. The van der Waals surface area contributed by atoms with Crippen molar-refractivity contribution in [3.63, 3.8) is 0 Å². The maximum atomic E-state index is 12.1. The molecule has 0 aliphatic carbocycles. The Labute approximate surface area is 181 Å². The fourth-order valence-corrected chi connectivity index (χ4v) is 3.83. The molecule has 0 spiro atoms. The lowest BCUT2D eigenvalue weighted by Crippen LogP contribution is -2.34. The van der Waals surface area contributed by atoms with E-state index >= 15 is 0 Å². The van der Waals surface area contributed by atoms with Crippen molar-refractivity contribution in [2.45, 2.75) is 38.3 Å². The van der Waals surface area contributed by atoms with Gasteiger partial charge in [0, 0.05) is 24.6 Å². The van der Waals surface area contributed by atoms with Gasteiger partial charge in [0.2, 0.25) is 5.91 Å². The lowest BCUT2D eigenvalue weighted by molar-refractivity contribution is -0.130. The number of amides is 1. The number of aryl methyl sites for hydroxylation is 1. The average Bonchev–Trinajstić information content (AvgIpc) is 3.41. The van der Waals surface area contributed by atoms with Crippen molar-refractivity contribution in [1.29, 1.82) is 0 Å². The first-order chi connectivity index (χ1) is 14.7. The molecule has 6 nitrogen and oxygen atoms in total. The number of nitrogens with zero attached hydrogens (tertiary/aromatic N) is 2. The minimum Gasteiger partial charge on any atom is -0.492 e. The fourth-order valence-electron chi connectivity index (χ4n) is 3.71. The summed E-state index contributed by atoms with van der Waals surface area (Å²) in [4.78, 5) is 16.9. The molecule has 3 aromatic rings. The fraction of sp³-hybridized carbons (Fsp3) is 0.391. The first-order valence-corrected chi connectivity index (χ1v) is 10.8. The Balaban J connectivity index is 1.34. The number of carbonyl (C=O) groups is 1. The number of hydrogen-bond donors (Lipinski definition) is 1. The number of halogens is 1. The molecular weight excluding hydrogens is 402 g/mol. The maximum absolute atomic E-state index is 12.1. The minimum absolute atomic E-state index is 0.00244. The van der Waals surface area contributed by atoms with Gasteiger partial charge in [-0.05, 0) is 55.7 Å². The third-order valence-corrected chi connectivity index (χ3v) is 5.48. The van der Waals surface area contributed by atoms with E-state index in [0.717, 1.165) is 48.3 Å². The number of para-hydroxylation sites is 2. The molecule has 4 rings (SSSR count). The molecule has 1 aromatic heterocycles. The Morgan fingerprint density at radius 1 is 1.23 bits per heavy atom. The van der Waals surface area contributed by atoms with Crippen molar-refractivity contribution in [3.8, 4) is 5.75 Å². The smallest absolute Gasteiger partial charge is 0.249 e. The summed E-state index contributed by atoms with van der Waals surface area (Å²) in [5, 5.41) is 3.67. The quantitative estimate of drug-likeness (QED) is 0.524. The van der Waals surface area contributed by atoms with Gasteiger partial charge in [0.1, 0.15) is 24.3 Å². The van der Waals surface area contributed by atoms with Gasteiger partial charge < -0.3 is 19.4 Å². The van der Waals surface area contributed by atoms with Crippen LogP contribution < -0.4 is 10.1 Å². The number of aromatic nitrogens is 2. The van der Waals surface area contributed by atoms with Crippen molar-refractivity contribution < 1.29 is 14.3 Å². The highest BCUT2D eigenvalue weighted by Crippen LogP contribution is 2.19. The van der Waals surface area contributed by atoms with Gasteiger partial charge in [-0.15, -0.1) is 0 Å². The average molecular weight is 428 g/mol. The van der Waals surface area contributed by atoms with Crippen LogP contribution in [0.2, 0.25) is 5.02 Å². The van der Waals surface area contributed by atoms with Crippen LogP contribution in [0, 0.1) is 0 Å². The van der Waals surface area contributed by atoms with Crippen molar-refractivity contribution in [2.24, 2.45) is 0 Å². The van der Waals surface area contributed by atoms with E-state index in [9.17, 15) is 4.79 Å². The molecule has 2 aromatic carbocycles. The topological polar surface area (TPSA) is 65.4 Å². The normalized spacial score (nSPS) is 16.1. The van der Waals surface area contributed by atoms with E-state index in [-0.39, 0.29) is 12.0 Å². The highest BCUT2D eigenvalue weighted by Gasteiger charge is 2.22. The molecule has 0 saturated carbocycles. The molecule has 1 amide bonds. The van der Waals surface area contributed by atoms with Crippen LogP contribution in [0.4, 0.5) is 0 Å². The van der Waals surface area contributed by atoms with Crippen molar-refractivity contribution in [2.75, 3.05) is 19.8 Å². The zero-order chi connectivity index (χ0) is 20.8. The summed E-state index contributed by atoms with van der Waals surface area (Å²) in [5.74, 6) is 1.79. The molecule has 1 N–H and O–H groups in total. The van der Waals surface area contributed by atoms with Gasteiger partial charge in [0.25, 0.3) is 0 Å². The molecule has 1 atom stereocenters. The Kier molecular flexibility index (Phi) is 6.87. The third kappa shape index (κ3) is 5.12. The first kappa shape index (κ1) is 20.7. The van der Waals surface area contributed by atoms with Gasteiger partial charge in [-0.1, -0.05) is 23.7 Å². The number of ether oxygens (including phenoxy) is 2. The summed E-state index contributed by atoms with van der Waals surface area (Å²) < 4.78 is 13.5. The second-order valence-corrected chi connectivity index (χ2v) is 7.80. The number of carbonyl (C=O) groups excluding carboxylic acids is 1. The van der Waals surface area contributed by atoms with E-state index in [1.54, 1.807) is 0 Å². The standard InChI is InChI=1S/C23H26ClN3O3/c24-17-9-11-18(12-10-17)29-16-14-27-20-6-2-1-5-19(20)26-22(27)8-3-13-25-23(28)21-7-4-15-30-21/h1-2,5-6,9-12,21H,3-4,7-8,13-16H2,(H,25,28). The Hall–Kier alpha value is -2.57. The number of hydrogen-bond acceptors (Lipinski definition) is 4. The van der Waals surface area contributed by atoms with Crippen LogP contribution in [0.5, 0.6) is 5.75 Å². The Morgan fingerprint density at radius 2 is 2.07 bits per heavy atom. The molecule has 0 radical (unpaired) electrons. The van der Waals surface area contributed by atoms with Gasteiger partial charge >= 0.3 is 0 Å². The largest absolute Gasteiger partial charge is 0.492 e. The second kappa shape index (κ2) is 9.96. The SMILES string of the molecule is O=C(NCCCc1nc2ccccc2n1CCOc1ccc(Cl)cc1)C1CCCO1. The summed E-state index contributed by atoms with van der Waals surface area (Å²) in [7, 11) is 0. The van der Waals surface area contributed by atoms with E-state index in [2.05, 4.69) is 16.0 Å². The van der Waals surface area contributed by atoms with Crippen LogP contribution in [-0.4, -0.2) is 41.3 Å². The van der Waals surface area contributed by atoms with Crippen LogP contribution in [0.25, 0.3) is 11.0 Å². The highest BCUT2D eigenvalue weighted by atomic mass is 35.5. The molecule has 2 heterocycles. The monoisotopic (exact) mass is 427 g/mol. The molecule has 1 fully saturated rings. The van der Waals surface area contributed by atoms with E-state index in [0.29, 0.717) is 31.3 Å². The molecule has 158 valence electrons. The van der Waals surface area contributed by atoms with Crippen LogP contribution in [0.3, 0.4) is 0 Å². The number of rotatable bonds is 9. The van der Waals surface area contributed by atoms with Crippen LogP contribution in [-0.2, 0) is 22.5 Å². The number of benzene rings is 2. The summed E-state index contributed by atoms with van der Waals surface area (Å²) in [6, 6.07) is 15.5. The Bertz CT molecular complexity index is 981. The summed E-state index contributed by atoms with van der Waals surface area (Å²) in [6.07, 6.45) is 3.09. The van der Waals surface area contributed by atoms with E-state index < -0.39 is 0 Å². The zero-order valence-corrected chi connectivity index (χ0v) is 17.6. The van der Waals surface area contributed by atoms with Gasteiger partial charge in [-0.25, -0.2) is 4.98 Å². The molecule has 1 aliphatic heterocycles. The lowest BCUT2D eigenvalue weighted by atomic mass is 10.2. The molecule has 7 heteroatoms.